The van der Waals surface area contributed by atoms with Crippen molar-refractivity contribution >= 4 is 18.3 Å². The van der Waals surface area contributed by atoms with E-state index in [4.69, 9.17) is 5.73 Å². The Hall–Kier alpha value is -0.420. The molecule has 0 aliphatic carbocycles. The molecule has 0 aromatic rings. The smallest absolute Gasteiger partial charge is 0.277 e. The molecular formula is C10H21ClF2N2O. The first-order valence-corrected chi connectivity index (χ1v) is 5.29. The van der Waals surface area contributed by atoms with Crippen LogP contribution >= 0.6 is 12.4 Å². The van der Waals surface area contributed by atoms with Gasteiger partial charge in [0.25, 0.3) is 5.92 Å². The number of alkyl halides is 2. The van der Waals surface area contributed by atoms with Crippen molar-refractivity contribution in [3.63, 3.8) is 0 Å². The Morgan fingerprint density at radius 2 is 1.88 bits per heavy atom. The van der Waals surface area contributed by atoms with E-state index in [0.717, 1.165) is 12.8 Å². The van der Waals surface area contributed by atoms with Gasteiger partial charge in [0.15, 0.2) is 0 Å². The van der Waals surface area contributed by atoms with E-state index < -0.39 is 19.0 Å². The standard InChI is InChI=1S/C10H20F2N2O.ClH/c1-3-8(4-2)5-9(15)14-7-10(11,12)6-13;/h8H,3-7,13H2,1-2H3,(H,14,15);1H. The summed E-state index contributed by atoms with van der Waals surface area (Å²) in [5, 5.41) is 2.20. The topological polar surface area (TPSA) is 55.1 Å². The molecule has 6 heteroatoms. The highest BCUT2D eigenvalue weighted by Crippen LogP contribution is 2.13. The number of hydrogen-bond acceptors (Lipinski definition) is 2. The summed E-state index contributed by atoms with van der Waals surface area (Å²) < 4.78 is 25.3. The molecule has 0 bridgehead atoms. The second-order valence-electron chi connectivity index (χ2n) is 3.72. The Morgan fingerprint density at radius 3 is 2.25 bits per heavy atom. The maximum absolute atomic E-state index is 12.7. The van der Waals surface area contributed by atoms with Gasteiger partial charge in [-0.1, -0.05) is 26.7 Å². The second kappa shape index (κ2) is 8.70. The van der Waals surface area contributed by atoms with Crippen molar-refractivity contribution in [3.05, 3.63) is 0 Å². The SMILES string of the molecule is CCC(CC)CC(=O)NCC(F)(F)CN.Cl. The van der Waals surface area contributed by atoms with Gasteiger partial charge < -0.3 is 11.1 Å². The van der Waals surface area contributed by atoms with Gasteiger partial charge >= 0.3 is 0 Å². The first-order valence-electron chi connectivity index (χ1n) is 5.29. The zero-order chi connectivity index (χ0) is 11.9. The largest absolute Gasteiger partial charge is 0.350 e. The quantitative estimate of drug-likeness (QED) is 0.733. The molecule has 0 aromatic carbocycles. The van der Waals surface area contributed by atoms with Gasteiger partial charge in [-0.3, -0.25) is 4.79 Å². The van der Waals surface area contributed by atoms with Crippen LogP contribution in [0.4, 0.5) is 8.78 Å². The molecule has 0 fully saturated rings. The lowest BCUT2D eigenvalue weighted by atomic mass is 9.99. The second-order valence-corrected chi connectivity index (χ2v) is 3.72. The summed E-state index contributed by atoms with van der Waals surface area (Å²) in [4.78, 5) is 11.2. The van der Waals surface area contributed by atoms with E-state index in [0.29, 0.717) is 6.42 Å². The van der Waals surface area contributed by atoms with Crippen LogP contribution < -0.4 is 11.1 Å². The highest BCUT2D eigenvalue weighted by atomic mass is 35.5. The van der Waals surface area contributed by atoms with Crippen molar-refractivity contribution in [1.29, 1.82) is 0 Å². The van der Waals surface area contributed by atoms with Crippen LogP contribution in [0.25, 0.3) is 0 Å². The molecule has 0 unspecified atom stereocenters. The van der Waals surface area contributed by atoms with Crippen molar-refractivity contribution in [2.45, 2.75) is 39.0 Å². The Bertz CT molecular complexity index is 199. The van der Waals surface area contributed by atoms with E-state index in [1.807, 2.05) is 13.8 Å². The molecule has 0 saturated carbocycles. The molecule has 0 radical (unpaired) electrons. The van der Waals surface area contributed by atoms with Crippen LogP contribution in [0, 0.1) is 5.92 Å². The molecule has 3 N–H and O–H groups in total. The first-order chi connectivity index (χ1) is 6.95. The molecule has 0 saturated heterocycles. The molecule has 16 heavy (non-hydrogen) atoms. The number of carbonyl (C=O) groups excluding carboxylic acids is 1. The number of nitrogens with one attached hydrogen (secondary N) is 1. The molecular weight excluding hydrogens is 238 g/mol. The minimum atomic E-state index is -3.00. The van der Waals surface area contributed by atoms with Crippen molar-refractivity contribution in [1.82, 2.24) is 5.32 Å². The van der Waals surface area contributed by atoms with Crippen LogP contribution in [0.1, 0.15) is 33.1 Å². The van der Waals surface area contributed by atoms with Crippen LogP contribution in [-0.4, -0.2) is 24.9 Å². The third-order valence-electron chi connectivity index (χ3n) is 2.47. The Morgan fingerprint density at radius 1 is 1.38 bits per heavy atom. The van der Waals surface area contributed by atoms with Crippen molar-refractivity contribution in [2.75, 3.05) is 13.1 Å². The maximum atomic E-state index is 12.7. The van der Waals surface area contributed by atoms with Gasteiger partial charge in [0.1, 0.15) is 0 Å². The maximum Gasteiger partial charge on any atom is 0.277 e. The molecule has 98 valence electrons. The fraction of sp³-hybridized carbons (Fsp3) is 0.900. The predicted octanol–water partition coefficient (Wildman–Crippen LogP) is 1.94. The zero-order valence-electron chi connectivity index (χ0n) is 9.76. The van der Waals surface area contributed by atoms with Gasteiger partial charge in [0.05, 0.1) is 13.1 Å². The molecule has 0 aliphatic heterocycles. The number of hydrogen-bond donors (Lipinski definition) is 2. The van der Waals surface area contributed by atoms with Crippen molar-refractivity contribution < 1.29 is 13.6 Å². The molecule has 1 amide bonds. The third-order valence-corrected chi connectivity index (χ3v) is 2.47. The van der Waals surface area contributed by atoms with Crippen LogP contribution in [0.5, 0.6) is 0 Å². The van der Waals surface area contributed by atoms with E-state index in [9.17, 15) is 13.6 Å². The normalized spacial score (nSPS) is 11.1. The number of carbonyl (C=O) groups is 1. The van der Waals surface area contributed by atoms with E-state index in [1.165, 1.54) is 0 Å². The van der Waals surface area contributed by atoms with Gasteiger partial charge in [-0.15, -0.1) is 12.4 Å². The highest BCUT2D eigenvalue weighted by molar-refractivity contribution is 5.85. The summed E-state index contributed by atoms with van der Waals surface area (Å²) in [5.74, 6) is -3.04. The van der Waals surface area contributed by atoms with E-state index >= 15 is 0 Å². The summed E-state index contributed by atoms with van der Waals surface area (Å²) in [6.45, 7) is 2.56. The number of halogens is 3. The Kier molecular flexibility index (Phi) is 9.77. The average molecular weight is 259 g/mol. The highest BCUT2D eigenvalue weighted by Gasteiger charge is 2.27. The van der Waals surface area contributed by atoms with E-state index in [2.05, 4.69) is 5.32 Å². The number of nitrogens with two attached hydrogens (primary N) is 1. The predicted molar refractivity (Wildman–Crippen MR) is 62.9 cm³/mol. The summed E-state index contributed by atoms with van der Waals surface area (Å²) >= 11 is 0. The summed E-state index contributed by atoms with van der Waals surface area (Å²) in [5.41, 5.74) is 4.84. The van der Waals surface area contributed by atoms with Crippen molar-refractivity contribution in [2.24, 2.45) is 11.7 Å². The minimum Gasteiger partial charge on any atom is -0.350 e. The molecule has 0 spiro atoms. The minimum absolute atomic E-state index is 0. The lowest BCUT2D eigenvalue weighted by molar-refractivity contribution is -0.123. The first kappa shape index (κ1) is 18.0. The molecule has 3 nitrogen and oxygen atoms in total. The third kappa shape index (κ3) is 7.82. The summed E-state index contributed by atoms with van der Waals surface area (Å²) in [6, 6.07) is 0. The van der Waals surface area contributed by atoms with E-state index in [1.54, 1.807) is 0 Å². The van der Waals surface area contributed by atoms with Crippen LogP contribution in [0.2, 0.25) is 0 Å². The van der Waals surface area contributed by atoms with Crippen LogP contribution in [-0.2, 0) is 4.79 Å². The fourth-order valence-corrected chi connectivity index (χ4v) is 1.21. The van der Waals surface area contributed by atoms with Crippen molar-refractivity contribution in [3.8, 4) is 0 Å². The monoisotopic (exact) mass is 258 g/mol. The average Bonchev–Trinajstić information content (AvgIpc) is 2.23. The lowest BCUT2D eigenvalue weighted by Crippen LogP contribution is -2.41. The van der Waals surface area contributed by atoms with Crippen LogP contribution in [0.3, 0.4) is 0 Å². The van der Waals surface area contributed by atoms with Gasteiger partial charge in [-0.25, -0.2) is 8.78 Å². The number of rotatable bonds is 7. The zero-order valence-corrected chi connectivity index (χ0v) is 10.6. The molecule has 0 aliphatic rings. The van der Waals surface area contributed by atoms with Gasteiger partial charge in [-0.2, -0.15) is 0 Å². The fourth-order valence-electron chi connectivity index (χ4n) is 1.21. The summed E-state index contributed by atoms with van der Waals surface area (Å²) in [7, 11) is 0. The molecule has 0 heterocycles. The molecule has 0 rings (SSSR count). The summed E-state index contributed by atoms with van der Waals surface area (Å²) in [6.07, 6.45) is 2.09. The van der Waals surface area contributed by atoms with Crippen LogP contribution in [0.15, 0.2) is 0 Å². The van der Waals surface area contributed by atoms with E-state index in [-0.39, 0.29) is 24.2 Å². The van der Waals surface area contributed by atoms with Gasteiger partial charge in [-0.05, 0) is 5.92 Å². The van der Waals surface area contributed by atoms with Gasteiger partial charge in [0, 0.05) is 6.42 Å². The lowest BCUT2D eigenvalue weighted by Gasteiger charge is -2.16. The Labute approximate surface area is 102 Å². The van der Waals surface area contributed by atoms with Gasteiger partial charge in [0.2, 0.25) is 5.91 Å². The molecule has 0 aromatic heterocycles. The molecule has 0 atom stereocenters. The Balaban J connectivity index is 0. The number of amides is 1.